The van der Waals surface area contributed by atoms with Crippen molar-refractivity contribution < 1.29 is 0 Å². The molecule has 0 amide bonds. The first-order valence-corrected chi connectivity index (χ1v) is 6.03. The monoisotopic (exact) mass is 222 g/mol. The molecule has 2 heterocycles. The quantitative estimate of drug-likeness (QED) is 0.785. The van der Waals surface area contributed by atoms with Gasteiger partial charge in [0.1, 0.15) is 0 Å². The van der Waals surface area contributed by atoms with Gasteiger partial charge in [0.05, 0.1) is 0 Å². The Hall–Kier alpha value is -0.840. The van der Waals surface area contributed by atoms with Crippen LogP contribution >= 0.6 is 0 Å². The van der Waals surface area contributed by atoms with E-state index in [1.807, 2.05) is 0 Å². The molecule has 0 aliphatic carbocycles. The molecule has 90 valence electrons. The highest BCUT2D eigenvalue weighted by molar-refractivity contribution is 5.09. The maximum Gasteiger partial charge on any atom is 0.0249 e. The average Bonchev–Trinajstić information content (AvgIpc) is 2.67. The summed E-state index contributed by atoms with van der Waals surface area (Å²) in [5, 5.41) is 0. The van der Waals surface area contributed by atoms with Crippen molar-refractivity contribution in [2.24, 2.45) is 12.8 Å². The van der Waals surface area contributed by atoms with Crippen LogP contribution in [-0.4, -0.2) is 53.6 Å². The zero-order chi connectivity index (χ0) is 11.4. The maximum atomic E-state index is 5.56. The number of hydrogen-bond donors (Lipinski definition) is 1. The van der Waals surface area contributed by atoms with Crippen LogP contribution in [0.5, 0.6) is 0 Å². The fourth-order valence-corrected chi connectivity index (χ4v) is 2.27. The molecule has 0 unspecified atom stereocenters. The van der Waals surface area contributed by atoms with Gasteiger partial charge < -0.3 is 10.3 Å². The van der Waals surface area contributed by atoms with Gasteiger partial charge in [-0.2, -0.15) is 0 Å². The molecule has 1 aliphatic rings. The Morgan fingerprint density at radius 2 is 1.88 bits per heavy atom. The fourth-order valence-electron chi connectivity index (χ4n) is 2.27. The molecule has 4 nitrogen and oxygen atoms in total. The van der Waals surface area contributed by atoms with E-state index in [-0.39, 0.29) is 0 Å². The second-order valence-corrected chi connectivity index (χ2v) is 4.59. The zero-order valence-electron chi connectivity index (χ0n) is 10.1. The van der Waals surface area contributed by atoms with Crippen molar-refractivity contribution in [1.82, 2.24) is 14.4 Å². The standard InChI is InChI=1S/C12H22N4/c1-14-4-2-12(10-14)11-16-8-6-15(5-3-13)7-9-16/h2,4,10H,3,5-9,11,13H2,1H3. The molecular formula is C12H22N4. The van der Waals surface area contributed by atoms with E-state index in [1.54, 1.807) is 0 Å². The fraction of sp³-hybridized carbons (Fsp3) is 0.667. The van der Waals surface area contributed by atoms with Gasteiger partial charge in [-0.25, -0.2) is 0 Å². The van der Waals surface area contributed by atoms with Gasteiger partial charge in [-0.05, 0) is 11.6 Å². The van der Waals surface area contributed by atoms with Gasteiger partial charge in [0.15, 0.2) is 0 Å². The molecule has 16 heavy (non-hydrogen) atoms. The Morgan fingerprint density at radius 3 is 2.44 bits per heavy atom. The SMILES string of the molecule is Cn1ccc(CN2CCN(CCN)CC2)c1. The lowest BCUT2D eigenvalue weighted by molar-refractivity contribution is 0.130. The third-order valence-electron chi connectivity index (χ3n) is 3.21. The molecule has 2 N–H and O–H groups in total. The first-order valence-electron chi connectivity index (χ1n) is 6.03. The second kappa shape index (κ2) is 5.48. The summed E-state index contributed by atoms with van der Waals surface area (Å²) in [5.41, 5.74) is 6.97. The molecule has 0 spiro atoms. The van der Waals surface area contributed by atoms with Crippen LogP contribution in [0.4, 0.5) is 0 Å². The summed E-state index contributed by atoms with van der Waals surface area (Å²) in [7, 11) is 2.07. The average molecular weight is 222 g/mol. The van der Waals surface area contributed by atoms with Crippen LogP contribution < -0.4 is 5.73 Å². The number of aryl methyl sites for hydroxylation is 1. The lowest BCUT2D eigenvalue weighted by Gasteiger charge is -2.34. The Morgan fingerprint density at radius 1 is 1.19 bits per heavy atom. The minimum Gasteiger partial charge on any atom is -0.357 e. The number of nitrogens with zero attached hydrogens (tertiary/aromatic N) is 3. The molecule has 1 aromatic rings. The van der Waals surface area contributed by atoms with Crippen LogP contribution in [0.2, 0.25) is 0 Å². The molecule has 0 atom stereocenters. The van der Waals surface area contributed by atoms with Crippen molar-refractivity contribution in [3.8, 4) is 0 Å². The van der Waals surface area contributed by atoms with Crippen molar-refractivity contribution in [2.75, 3.05) is 39.3 Å². The molecule has 4 heteroatoms. The highest BCUT2D eigenvalue weighted by Crippen LogP contribution is 2.08. The number of rotatable bonds is 4. The molecule has 2 rings (SSSR count). The molecule has 0 saturated carbocycles. The molecule has 1 aliphatic heterocycles. The van der Waals surface area contributed by atoms with Gasteiger partial charge >= 0.3 is 0 Å². The van der Waals surface area contributed by atoms with E-state index in [1.165, 1.54) is 5.56 Å². The summed E-state index contributed by atoms with van der Waals surface area (Å²) in [6.07, 6.45) is 4.31. The summed E-state index contributed by atoms with van der Waals surface area (Å²) in [5.74, 6) is 0. The molecule has 1 saturated heterocycles. The van der Waals surface area contributed by atoms with Crippen molar-refractivity contribution in [3.05, 3.63) is 24.0 Å². The van der Waals surface area contributed by atoms with E-state index in [9.17, 15) is 0 Å². The van der Waals surface area contributed by atoms with E-state index >= 15 is 0 Å². The van der Waals surface area contributed by atoms with E-state index in [2.05, 4.69) is 39.9 Å². The van der Waals surface area contributed by atoms with E-state index in [0.717, 1.165) is 45.8 Å². The largest absolute Gasteiger partial charge is 0.357 e. The van der Waals surface area contributed by atoms with Gasteiger partial charge in [-0.3, -0.25) is 9.80 Å². The molecule has 0 aromatic carbocycles. The van der Waals surface area contributed by atoms with Gasteiger partial charge in [-0.1, -0.05) is 0 Å². The molecule has 0 radical (unpaired) electrons. The Bertz CT molecular complexity index is 313. The smallest absolute Gasteiger partial charge is 0.0249 e. The topological polar surface area (TPSA) is 37.4 Å². The van der Waals surface area contributed by atoms with E-state index in [0.29, 0.717) is 0 Å². The summed E-state index contributed by atoms with van der Waals surface area (Å²) >= 11 is 0. The third kappa shape index (κ3) is 3.07. The maximum absolute atomic E-state index is 5.56. The summed E-state index contributed by atoms with van der Waals surface area (Å²) in [4.78, 5) is 4.96. The number of piperazine rings is 1. The summed E-state index contributed by atoms with van der Waals surface area (Å²) in [6, 6.07) is 2.20. The van der Waals surface area contributed by atoms with Gasteiger partial charge in [-0.15, -0.1) is 0 Å². The van der Waals surface area contributed by atoms with Crippen LogP contribution in [0.3, 0.4) is 0 Å². The van der Waals surface area contributed by atoms with Crippen LogP contribution in [-0.2, 0) is 13.6 Å². The highest BCUT2D eigenvalue weighted by atomic mass is 15.3. The lowest BCUT2D eigenvalue weighted by atomic mass is 10.2. The first-order chi connectivity index (χ1) is 7.78. The Kier molecular flexibility index (Phi) is 3.98. The Balaban J connectivity index is 1.77. The predicted molar refractivity (Wildman–Crippen MR) is 66.2 cm³/mol. The third-order valence-corrected chi connectivity index (χ3v) is 3.21. The van der Waals surface area contributed by atoms with Crippen LogP contribution in [0, 0.1) is 0 Å². The number of aromatic nitrogens is 1. The minimum absolute atomic E-state index is 0.776. The van der Waals surface area contributed by atoms with Crippen LogP contribution in [0.1, 0.15) is 5.56 Å². The van der Waals surface area contributed by atoms with Gasteiger partial charge in [0.2, 0.25) is 0 Å². The number of nitrogens with two attached hydrogens (primary N) is 1. The van der Waals surface area contributed by atoms with Crippen molar-refractivity contribution in [1.29, 1.82) is 0 Å². The van der Waals surface area contributed by atoms with Crippen molar-refractivity contribution >= 4 is 0 Å². The summed E-state index contributed by atoms with van der Waals surface area (Å²) in [6.45, 7) is 7.53. The molecule has 0 bridgehead atoms. The highest BCUT2D eigenvalue weighted by Gasteiger charge is 2.16. The molecule has 1 fully saturated rings. The lowest BCUT2D eigenvalue weighted by Crippen LogP contribution is -2.47. The minimum atomic E-state index is 0.776. The first kappa shape index (κ1) is 11.6. The van der Waals surface area contributed by atoms with E-state index in [4.69, 9.17) is 5.73 Å². The number of hydrogen-bond acceptors (Lipinski definition) is 3. The van der Waals surface area contributed by atoms with Crippen LogP contribution in [0.25, 0.3) is 0 Å². The zero-order valence-corrected chi connectivity index (χ0v) is 10.1. The normalized spacial score (nSPS) is 19.1. The van der Waals surface area contributed by atoms with E-state index < -0.39 is 0 Å². The van der Waals surface area contributed by atoms with Gasteiger partial charge in [0.25, 0.3) is 0 Å². The predicted octanol–water partition coefficient (Wildman–Crippen LogP) is 0.101. The van der Waals surface area contributed by atoms with Crippen molar-refractivity contribution in [2.45, 2.75) is 6.54 Å². The second-order valence-electron chi connectivity index (χ2n) is 4.59. The van der Waals surface area contributed by atoms with Gasteiger partial charge in [0, 0.05) is 65.3 Å². The molecule has 1 aromatic heterocycles. The molecular weight excluding hydrogens is 200 g/mol. The van der Waals surface area contributed by atoms with Crippen molar-refractivity contribution in [3.63, 3.8) is 0 Å². The van der Waals surface area contributed by atoms with Crippen LogP contribution in [0.15, 0.2) is 18.5 Å². The summed E-state index contributed by atoms with van der Waals surface area (Å²) < 4.78 is 2.11. The Labute approximate surface area is 97.6 Å².